The molecule has 1 fully saturated rings. The lowest BCUT2D eigenvalue weighted by Gasteiger charge is -2.30. The number of benzene rings is 1. The Labute approximate surface area is 155 Å². The molecule has 1 aromatic carbocycles. The van der Waals surface area contributed by atoms with E-state index in [9.17, 15) is 31.2 Å². The number of halogens is 3. The minimum Gasteiger partial charge on any atom is -0.326 e. The third-order valence-corrected chi connectivity index (χ3v) is 5.40. The van der Waals surface area contributed by atoms with Crippen LogP contribution in [0.4, 0.5) is 24.5 Å². The summed E-state index contributed by atoms with van der Waals surface area (Å²) in [7, 11) is -3.48. The number of rotatable bonds is 4. The Kier molecular flexibility index (Phi) is 6.15. The summed E-state index contributed by atoms with van der Waals surface area (Å²) in [5, 5.41) is 4.50. The van der Waals surface area contributed by atoms with Gasteiger partial charge in [0.15, 0.2) is 0 Å². The average molecular weight is 407 g/mol. The van der Waals surface area contributed by atoms with Gasteiger partial charge in [0.1, 0.15) is 0 Å². The first-order chi connectivity index (χ1) is 12.4. The van der Waals surface area contributed by atoms with Crippen LogP contribution < -0.4 is 10.6 Å². The summed E-state index contributed by atoms with van der Waals surface area (Å²) in [6.07, 6.45) is -2.90. The molecule has 11 heteroatoms. The Morgan fingerprint density at radius 1 is 1.22 bits per heavy atom. The van der Waals surface area contributed by atoms with E-state index in [4.69, 9.17) is 0 Å². The van der Waals surface area contributed by atoms with Crippen molar-refractivity contribution in [3.05, 3.63) is 23.8 Å². The Hall–Kier alpha value is -2.14. The summed E-state index contributed by atoms with van der Waals surface area (Å²) < 4.78 is 64.4. The molecule has 1 atom stereocenters. The lowest BCUT2D eigenvalue weighted by atomic mass is 9.98. The minimum atomic E-state index is -4.75. The number of nitrogens with zero attached hydrogens (tertiary/aromatic N) is 1. The van der Waals surface area contributed by atoms with Gasteiger partial charge < -0.3 is 10.6 Å². The molecule has 150 valence electrons. The van der Waals surface area contributed by atoms with Gasteiger partial charge in [-0.15, -0.1) is 0 Å². The number of hydrogen-bond donors (Lipinski definition) is 2. The van der Waals surface area contributed by atoms with Crippen LogP contribution >= 0.6 is 0 Å². The summed E-state index contributed by atoms with van der Waals surface area (Å²) in [6, 6.07) is 3.04. The molecule has 7 nitrogen and oxygen atoms in total. The topological polar surface area (TPSA) is 95.6 Å². The molecular formula is C16H20F3N3O4S. The molecule has 1 aliphatic rings. The number of anilines is 2. The third kappa shape index (κ3) is 5.67. The molecule has 0 aromatic heterocycles. The molecule has 2 rings (SSSR count). The number of nitrogens with one attached hydrogen (secondary N) is 2. The highest BCUT2D eigenvalue weighted by molar-refractivity contribution is 7.88. The number of carbonyl (C=O) groups is 2. The lowest BCUT2D eigenvalue weighted by Crippen LogP contribution is -2.43. The Morgan fingerprint density at radius 3 is 2.44 bits per heavy atom. The van der Waals surface area contributed by atoms with Crippen molar-refractivity contribution in [1.29, 1.82) is 0 Å². The number of hydrogen-bond acceptors (Lipinski definition) is 4. The third-order valence-electron chi connectivity index (χ3n) is 4.13. The molecular weight excluding hydrogens is 387 g/mol. The quantitative estimate of drug-likeness (QED) is 0.801. The predicted molar refractivity (Wildman–Crippen MR) is 93.5 cm³/mol. The highest BCUT2D eigenvalue weighted by Crippen LogP contribution is 2.37. The van der Waals surface area contributed by atoms with Crippen molar-refractivity contribution in [1.82, 2.24) is 4.31 Å². The second-order valence-corrected chi connectivity index (χ2v) is 8.37. The van der Waals surface area contributed by atoms with Crippen LogP contribution in [-0.2, 0) is 25.8 Å². The van der Waals surface area contributed by atoms with Gasteiger partial charge in [0, 0.05) is 25.7 Å². The highest BCUT2D eigenvalue weighted by Gasteiger charge is 2.36. The minimum absolute atomic E-state index is 0.0475. The average Bonchev–Trinajstić information content (AvgIpc) is 2.54. The lowest BCUT2D eigenvalue weighted by molar-refractivity contribution is -0.137. The smallest absolute Gasteiger partial charge is 0.326 e. The number of piperidine rings is 1. The standard InChI is InChI=1S/C16H20F3N3O4S/c1-10(23)20-12-5-6-14(13(8-12)16(17,18)19)21-15(24)11-4-3-7-22(9-11)27(2,25)26/h5-6,8,11H,3-4,7,9H2,1-2H3,(H,20,23)(H,21,24)/t11-/m1/s1. The zero-order valence-electron chi connectivity index (χ0n) is 14.8. The van der Waals surface area contributed by atoms with Gasteiger partial charge in [-0.05, 0) is 31.0 Å². The van der Waals surface area contributed by atoms with E-state index in [-0.39, 0.29) is 18.8 Å². The van der Waals surface area contributed by atoms with Crippen molar-refractivity contribution in [2.24, 2.45) is 5.92 Å². The summed E-state index contributed by atoms with van der Waals surface area (Å²) in [6.45, 7) is 1.37. The van der Waals surface area contributed by atoms with E-state index in [1.165, 1.54) is 13.0 Å². The van der Waals surface area contributed by atoms with E-state index >= 15 is 0 Å². The molecule has 2 N–H and O–H groups in total. The zero-order chi connectivity index (χ0) is 20.4. The maximum absolute atomic E-state index is 13.3. The van der Waals surface area contributed by atoms with Crippen LogP contribution in [0.15, 0.2) is 18.2 Å². The molecule has 0 bridgehead atoms. The van der Waals surface area contributed by atoms with Crippen LogP contribution in [0.5, 0.6) is 0 Å². The molecule has 0 saturated carbocycles. The van der Waals surface area contributed by atoms with E-state index < -0.39 is 45.2 Å². The first kappa shape index (κ1) is 21.2. The molecule has 1 heterocycles. The van der Waals surface area contributed by atoms with Gasteiger partial charge in [0.25, 0.3) is 0 Å². The van der Waals surface area contributed by atoms with Crippen LogP contribution in [-0.4, -0.2) is 43.9 Å². The molecule has 27 heavy (non-hydrogen) atoms. The van der Waals surface area contributed by atoms with Crippen molar-refractivity contribution in [2.75, 3.05) is 30.0 Å². The Balaban J connectivity index is 2.22. The number of sulfonamides is 1. The van der Waals surface area contributed by atoms with Crippen molar-refractivity contribution < 1.29 is 31.2 Å². The zero-order valence-corrected chi connectivity index (χ0v) is 15.6. The summed E-state index contributed by atoms with van der Waals surface area (Å²) in [5.41, 5.74) is -1.59. The fraction of sp³-hybridized carbons (Fsp3) is 0.500. The van der Waals surface area contributed by atoms with E-state index in [1.807, 2.05) is 0 Å². The molecule has 1 aromatic rings. The molecule has 1 saturated heterocycles. The highest BCUT2D eigenvalue weighted by atomic mass is 32.2. The molecule has 0 aliphatic carbocycles. The maximum atomic E-state index is 13.3. The van der Waals surface area contributed by atoms with Crippen LogP contribution in [0.1, 0.15) is 25.3 Å². The van der Waals surface area contributed by atoms with Gasteiger partial charge in [0.2, 0.25) is 21.8 Å². The SMILES string of the molecule is CC(=O)Nc1ccc(NC(=O)[C@@H]2CCCN(S(C)(=O)=O)C2)c(C(F)(F)F)c1. The monoisotopic (exact) mass is 407 g/mol. The van der Waals surface area contributed by atoms with Gasteiger partial charge in [-0.3, -0.25) is 9.59 Å². The summed E-state index contributed by atoms with van der Waals surface area (Å²) in [5.74, 6) is -1.95. The van der Waals surface area contributed by atoms with E-state index in [0.29, 0.717) is 12.8 Å². The van der Waals surface area contributed by atoms with Crippen molar-refractivity contribution in [3.8, 4) is 0 Å². The number of carbonyl (C=O) groups excluding carboxylic acids is 2. The van der Waals surface area contributed by atoms with E-state index in [1.54, 1.807) is 0 Å². The van der Waals surface area contributed by atoms with Gasteiger partial charge in [-0.2, -0.15) is 13.2 Å². The second kappa shape index (κ2) is 7.85. The summed E-state index contributed by atoms with van der Waals surface area (Å²) in [4.78, 5) is 23.5. The fourth-order valence-electron chi connectivity index (χ4n) is 2.86. The van der Waals surface area contributed by atoms with Gasteiger partial charge in [-0.25, -0.2) is 12.7 Å². The molecule has 0 spiro atoms. The van der Waals surface area contributed by atoms with Gasteiger partial charge in [0.05, 0.1) is 23.4 Å². The number of amides is 2. The van der Waals surface area contributed by atoms with Crippen molar-refractivity contribution >= 4 is 33.2 Å². The molecule has 1 aliphatic heterocycles. The fourth-order valence-corrected chi connectivity index (χ4v) is 3.77. The normalized spacial score (nSPS) is 18.8. The summed E-state index contributed by atoms with van der Waals surface area (Å²) >= 11 is 0. The maximum Gasteiger partial charge on any atom is 0.418 e. The van der Waals surface area contributed by atoms with Crippen LogP contribution in [0.3, 0.4) is 0 Å². The van der Waals surface area contributed by atoms with Crippen LogP contribution in [0.25, 0.3) is 0 Å². The Bertz CT molecular complexity index is 840. The molecule has 0 radical (unpaired) electrons. The largest absolute Gasteiger partial charge is 0.418 e. The first-order valence-corrected chi connectivity index (χ1v) is 9.97. The van der Waals surface area contributed by atoms with E-state index in [0.717, 1.165) is 22.7 Å². The number of alkyl halides is 3. The van der Waals surface area contributed by atoms with Gasteiger partial charge in [-0.1, -0.05) is 0 Å². The first-order valence-electron chi connectivity index (χ1n) is 8.13. The van der Waals surface area contributed by atoms with E-state index in [2.05, 4.69) is 10.6 Å². The molecule has 2 amide bonds. The molecule has 0 unspecified atom stereocenters. The van der Waals surface area contributed by atoms with Crippen LogP contribution in [0, 0.1) is 5.92 Å². The predicted octanol–water partition coefficient (Wildman–Crippen LogP) is 2.27. The van der Waals surface area contributed by atoms with Crippen LogP contribution in [0.2, 0.25) is 0 Å². The van der Waals surface area contributed by atoms with Crippen molar-refractivity contribution in [2.45, 2.75) is 25.9 Å². The van der Waals surface area contributed by atoms with Gasteiger partial charge >= 0.3 is 6.18 Å². The van der Waals surface area contributed by atoms with Crippen molar-refractivity contribution in [3.63, 3.8) is 0 Å². The Morgan fingerprint density at radius 2 is 1.89 bits per heavy atom. The second-order valence-electron chi connectivity index (χ2n) is 6.39.